The minimum Gasteiger partial charge on any atom is -0.493 e. The number of aromatic nitrogens is 2. The minimum absolute atomic E-state index is 0.243. The van der Waals surface area contributed by atoms with Crippen molar-refractivity contribution in [1.82, 2.24) is 9.78 Å². The molecule has 0 aliphatic carbocycles. The Morgan fingerprint density at radius 1 is 0.960 bits per heavy atom. The molecule has 0 atom stereocenters. The molecule has 0 amide bonds. The third-order valence-corrected chi connectivity index (χ3v) is 4.63. The molecule has 0 saturated heterocycles. The van der Waals surface area contributed by atoms with E-state index in [0.29, 0.717) is 5.92 Å². The van der Waals surface area contributed by atoms with Gasteiger partial charge in [0.15, 0.2) is 0 Å². The molecule has 0 bridgehead atoms. The monoisotopic (exact) mass is 334 g/mol. The summed E-state index contributed by atoms with van der Waals surface area (Å²) in [7, 11) is 0. The van der Waals surface area contributed by atoms with Crippen LogP contribution in [0.1, 0.15) is 36.1 Å². The molecule has 25 heavy (non-hydrogen) atoms. The van der Waals surface area contributed by atoms with Gasteiger partial charge in [-0.15, -0.1) is 0 Å². The maximum atomic E-state index is 10.9. The zero-order valence-electron chi connectivity index (χ0n) is 15.7. The second kappa shape index (κ2) is 6.75. The molecule has 0 radical (unpaired) electrons. The Kier molecular flexibility index (Phi) is 4.67. The first-order valence-corrected chi connectivity index (χ1v) is 8.82. The maximum absolute atomic E-state index is 10.9. The van der Waals surface area contributed by atoms with Crippen molar-refractivity contribution in [2.45, 2.75) is 41.0 Å². The van der Waals surface area contributed by atoms with Crippen molar-refractivity contribution in [1.29, 1.82) is 0 Å². The van der Waals surface area contributed by atoms with E-state index in [4.69, 9.17) is 5.10 Å². The third-order valence-electron chi connectivity index (χ3n) is 4.63. The molecule has 1 N–H and O–H groups in total. The van der Waals surface area contributed by atoms with Gasteiger partial charge in [-0.05, 0) is 56.4 Å². The Bertz CT molecular complexity index is 889. The van der Waals surface area contributed by atoms with Gasteiger partial charge >= 0.3 is 0 Å². The number of benzene rings is 2. The number of rotatable bonds is 4. The quantitative estimate of drug-likeness (QED) is 0.696. The van der Waals surface area contributed by atoms with E-state index in [1.54, 1.807) is 4.68 Å². The zero-order valence-corrected chi connectivity index (χ0v) is 15.7. The Hall–Kier alpha value is -2.55. The van der Waals surface area contributed by atoms with Gasteiger partial charge in [0.05, 0.1) is 11.4 Å². The largest absolute Gasteiger partial charge is 0.493 e. The molecule has 3 heteroatoms. The molecule has 0 fully saturated rings. The summed E-state index contributed by atoms with van der Waals surface area (Å²) in [5.74, 6) is 0.681. The van der Waals surface area contributed by atoms with Crippen LogP contribution in [0.4, 0.5) is 0 Å². The molecule has 0 saturated carbocycles. The molecule has 130 valence electrons. The SMILES string of the molecule is Cc1ccc(-c2nn(-c3ccc(C)c(C)c3)c(O)c2CC(C)C)cc1. The van der Waals surface area contributed by atoms with Crippen LogP contribution in [-0.4, -0.2) is 14.9 Å². The molecule has 3 rings (SSSR count). The lowest BCUT2D eigenvalue weighted by Gasteiger charge is -2.08. The number of aryl methyl sites for hydroxylation is 3. The first-order chi connectivity index (χ1) is 11.9. The fraction of sp³-hybridized carbons (Fsp3) is 0.318. The summed E-state index contributed by atoms with van der Waals surface area (Å²) in [5.41, 5.74) is 7.35. The highest BCUT2D eigenvalue weighted by Gasteiger charge is 2.20. The summed E-state index contributed by atoms with van der Waals surface area (Å²) in [5, 5.41) is 15.7. The van der Waals surface area contributed by atoms with Crippen LogP contribution >= 0.6 is 0 Å². The Morgan fingerprint density at radius 2 is 1.64 bits per heavy atom. The van der Waals surface area contributed by atoms with E-state index in [1.165, 1.54) is 16.7 Å². The van der Waals surface area contributed by atoms with Crippen molar-refractivity contribution in [2.24, 2.45) is 5.92 Å². The minimum atomic E-state index is 0.243. The van der Waals surface area contributed by atoms with E-state index in [1.807, 2.05) is 6.07 Å². The molecule has 1 heterocycles. The number of aromatic hydroxyl groups is 1. The highest BCUT2D eigenvalue weighted by molar-refractivity contribution is 5.66. The van der Waals surface area contributed by atoms with Crippen molar-refractivity contribution in [2.75, 3.05) is 0 Å². The van der Waals surface area contributed by atoms with Crippen molar-refractivity contribution in [3.8, 4) is 22.8 Å². The average molecular weight is 334 g/mol. The molecule has 0 aliphatic heterocycles. The van der Waals surface area contributed by atoms with E-state index in [-0.39, 0.29) is 5.88 Å². The Labute approximate surface area is 150 Å². The lowest BCUT2D eigenvalue weighted by atomic mass is 9.99. The van der Waals surface area contributed by atoms with Gasteiger partial charge in [0.1, 0.15) is 0 Å². The van der Waals surface area contributed by atoms with E-state index in [2.05, 4.69) is 71.0 Å². The van der Waals surface area contributed by atoms with Gasteiger partial charge in [-0.25, -0.2) is 4.68 Å². The van der Waals surface area contributed by atoms with E-state index >= 15 is 0 Å². The van der Waals surface area contributed by atoms with Gasteiger partial charge in [0.2, 0.25) is 5.88 Å². The number of nitrogens with zero attached hydrogens (tertiary/aromatic N) is 2. The lowest BCUT2D eigenvalue weighted by molar-refractivity contribution is 0.424. The van der Waals surface area contributed by atoms with Gasteiger partial charge in [-0.1, -0.05) is 49.7 Å². The smallest absolute Gasteiger partial charge is 0.218 e. The summed E-state index contributed by atoms with van der Waals surface area (Å²) < 4.78 is 1.67. The highest BCUT2D eigenvalue weighted by atomic mass is 16.3. The van der Waals surface area contributed by atoms with Crippen molar-refractivity contribution < 1.29 is 5.11 Å². The molecule has 3 nitrogen and oxygen atoms in total. The van der Waals surface area contributed by atoms with Crippen LogP contribution in [0.15, 0.2) is 42.5 Å². The van der Waals surface area contributed by atoms with Crippen LogP contribution in [0.3, 0.4) is 0 Å². The van der Waals surface area contributed by atoms with Crippen LogP contribution in [0.2, 0.25) is 0 Å². The second-order valence-corrected chi connectivity index (χ2v) is 7.30. The van der Waals surface area contributed by atoms with Crippen molar-refractivity contribution >= 4 is 0 Å². The zero-order chi connectivity index (χ0) is 18.1. The second-order valence-electron chi connectivity index (χ2n) is 7.30. The number of hydrogen-bond donors (Lipinski definition) is 1. The summed E-state index contributed by atoms with van der Waals surface area (Å²) in [6, 6.07) is 14.5. The predicted octanol–water partition coefficient (Wildman–Crippen LogP) is 5.37. The molecule has 0 unspecified atom stereocenters. The average Bonchev–Trinajstić information content (AvgIpc) is 2.87. The topological polar surface area (TPSA) is 38.0 Å². The normalized spacial score (nSPS) is 11.3. The van der Waals surface area contributed by atoms with Crippen LogP contribution in [-0.2, 0) is 6.42 Å². The van der Waals surface area contributed by atoms with Crippen LogP contribution in [0, 0.1) is 26.7 Å². The molecule has 0 aliphatic rings. The standard InChI is InChI=1S/C22H26N2O/c1-14(2)12-20-21(18-9-6-15(3)7-10-18)23-24(22(20)25)19-11-8-16(4)17(5)13-19/h6-11,13-14,25H,12H2,1-5H3. The first kappa shape index (κ1) is 17.3. The van der Waals surface area contributed by atoms with Gasteiger partial charge in [0.25, 0.3) is 0 Å². The van der Waals surface area contributed by atoms with Crippen LogP contribution in [0.25, 0.3) is 16.9 Å². The van der Waals surface area contributed by atoms with Gasteiger partial charge in [0, 0.05) is 11.1 Å². The Balaban J connectivity index is 2.17. The molecular weight excluding hydrogens is 308 g/mol. The molecule has 3 aromatic rings. The summed E-state index contributed by atoms with van der Waals surface area (Å²) in [6.07, 6.45) is 0.792. The van der Waals surface area contributed by atoms with Crippen LogP contribution < -0.4 is 0 Å². The summed E-state index contributed by atoms with van der Waals surface area (Å²) >= 11 is 0. The van der Waals surface area contributed by atoms with Crippen LogP contribution in [0.5, 0.6) is 5.88 Å². The third kappa shape index (κ3) is 3.46. The molecule has 0 spiro atoms. The maximum Gasteiger partial charge on any atom is 0.218 e. The summed E-state index contributed by atoms with van der Waals surface area (Å²) in [4.78, 5) is 0. The number of hydrogen-bond acceptors (Lipinski definition) is 2. The molecule has 1 aromatic heterocycles. The first-order valence-electron chi connectivity index (χ1n) is 8.82. The van der Waals surface area contributed by atoms with Gasteiger partial charge in [-0.3, -0.25) is 0 Å². The van der Waals surface area contributed by atoms with Crippen molar-refractivity contribution in [3.63, 3.8) is 0 Å². The van der Waals surface area contributed by atoms with E-state index in [0.717, 1.165) is 28.9 Å². The predicted molar refractivity (Wildman–Crippen MR) is 103 cm³/mol. The van der Waals surface area contributed by atoms with E-state index < -0.39 is 0 Å². The van der Waals surface area contributed by atoms with Gasteiger partial charge < -0.3 is 5.11 Å². The van der Waals surface area contributed by atoms with Gasteiger partial charge in [-0.2, -0.15) is 5.10 Å². The Morgan fingerprint density at radius 3 is 2.24 bits per heavy atom. The lowest BCUT2D eigenvalue weighted by Crippen LogP contribution is -1.98. The fourth-order valence-corrected chi connectivity index (χ4v) is 3.02. The van der Waals surface area contributed by atoms with Crippen molar-refractivity contribution in [3.05, 3.63) is 64.7 Å². The molecular formula is C22H26N2O. The molecule has 2 aromatic carbocycles. The highest BCUT2D eigenvalue weighted by Crippen LogP contribution is 2.34. The van der Waals surface area contributed by atoms with E-state index in [9.17, 15) is 5.11 Å². The summed E-state index contributed by atoms with van der Waals surface area (Å²) in [6.45, 7) is 10.6. The fourth-order valence-electron chi connectivity index (χ4n) is 3.02.